The molecule has 2 atom stereocenters. The van der Waals surface area contributed by atoms with Crippen LogP contribution in [0.15, 0.2) is 5.51 Å². The lowest BCUT2D eigenvalue weighted by Gasteiger charge is -2.08. The second kappa shape index (κ2) is 3.37. The molecule has 4 nitrogen and oxygen atoms in total. The minimum absolute atomic E-state index is 0.257. The fraction of sp³-hybridized carbons (Fsp3) is 0.714. The monoisotopic (exact) mass is 185 g/mol. The number of ether oxygens (including phenoxy) is 1. The first-order chi connectivity index (χ1) is 5.84. The molecule has 1 aliphatic rings. The number of hydrogen-bond donors (Lipinski definition) is 1. The summed E-state index contributed by atoms with van der Waals surface area (Å²) >= 11 is 1.43. The van der Waals surface area contributed by atoms with Crippen LogP contribution < -0.4 is 10.5 Å². The largest absolute Gasteiger partial charge is 0.466 e. The lowest BCUT2D eigenvalue weighted by Crippen LogP contribution is -2.19. The molecule has 1 aromatic rings. The van der Waals surface area contributed by atoms with Crippen molar-refractivity contribution in [3.8, 4) is 5.19 Å². The first-order valence-corrected chi connectivity index (χ1v) is 4.91. The van der Waals surface area contributed by atoms with Gasteiger partial charge in [-0.3, -0.25) is 0 Å². The van der Waals surface area contributed by atoms with Crippen LogP contribution in [0.1, 0.15) is 19.3 Å². The van der Waals surface area contributed by atoms with E-state index >= 15 is 0 Å². The van der Waals surface area contributed by atoms with E-state index in [1.807, 2.05) is 0 Å². The highest BCUT2D eigenvalue weighted by Gasteiger charge is 2.23. The summed E-state index contributed by atoms with van der Waals surface area (Å²) in [5, 5.41) is 8.17. The van der Waals surface area contributed by atoms with Crippen molar-refractivity contribution in [2.75, 3.05) is 0 Å². The molecule has 0 bridgehead atoms. The number of rotatable bonds is 2. The Morgan fingerprint density at radius 3 is 3.08 bits per heavy atom. The highest BCUT2D eigenvalue weighted by atomic mass is 32.1. The third kappa shape index (κ3) is 1.73. The van der Waals surface area contributed by atoms with Gasteiger partial charge in [-0.05, 0) is 19.3 Å². The van der Waals surface area contributed by atoms with Gasteiger partial charge >= 0.3 is 0 Å². The van der Waals surface area contributed by atoms with Crippen molar-refractivity contribution in [3.05, 3.63) is 5.51 Å². The maximum absolute atomic E-state index is 5.74. The van der Waals surface area contributed by atoms with Crippen molar-refractivity contribution in [2.24, 2.45) is 5.73 Å². The van der Waals surface area contributed by atoms with E-state index in [9.17, 15) is 0 Å². The van der Waals surface area contributed by atoms with E-state index in [1.165, 1.54) is 11.3 Å². The molecule has 0 saturated heterocycles. The van der Waals surface area contributed by atoms with E-state index < -0.39 is 0 Å². The smallest absolute Gasteiger partial charge is 0.294 e. The van der Waals surface area contributed by atoms with Gasteiger partial charge in [0.2, 0.25) is 0 Å². The van der Waals surface area contributed by atoms with E-state index in [0.717, 1.165) is 19.3 Å². The zero-order chi connectivity index (χ0) is 8.39. The molecule has 2 rings (SSSR count). The Morgan fingerprint density at radius 1 is 1.58 bits per heavy atom. The molecule has 1 heterocycles. The van der Waals surface area contributed by atoms with Gasteiger partial charge in [0.05, 0.1) is 0 Å². The first-order valence-electron chi connectivity index (χ1n) is 4.03. The van der Waals surface area contributed by atoms with Gasteiger partial charge in [0, 0.05) is 6.04 Å². The third-order valence-corrected chi connectivity index (χ3v) is 2.61. The minimum Gasteiger partial charge on any atom is -0.466 e. The second-order valence-electron chi connectivity index (χ2n) is 3.02. The number of hydrogen-bond acceptors (Lipinski definition) is 5. The summed E-state index contributed by atoms with van der Waals surface area (Å²) in [6.45, 7) is 0. The van der Waals surface area contributed by atoms with Crippen LogP contribution in [0.3, 0.4) is 0 Å². The lowest BCUT2D eigenvalue weighted by molar-refractivity contribution is 0.206. The fourth-order valence-corrected chi connectivity index (χ4v) is 1.91. The van der Waals surface area contributed by atoms with Crippen LogP contribution >= 0.6 is 11.3 Å². The number of nitrogens with two attached hydrogens (primary N) is 1. The summed E-state index contributed by atoms with van der Waals surface area (Å²) in [6.07, 6.45) is 3.30. The third-order valence-electron chi connectivity index (χ3n) is 2.03. The summed E-state index contributed by atoms with van der Waals surface area (Å²) in [5.41, 5.74) is 7.41. The molecule has 0 aromatic carbocycles. The van der Waals surface area contributed by atoms with Crippen LogP contribution in [0.5, 0.6) is 5.19 Å². The van der Waals surface area contributed by atoms with Crippen LogP contribution in [0.4, 0.5) is 0 Å². The predicted octanol–water partition coefficient (Wildman–Crippen LogP) is 0.797. The quantitative estimate of drug-likeness (QED) is 0.740. The van der Waals surface area contributed by atoms with Crippen molar-refractivity contribution in [2.45, 2.75) is 31.4 Å². The average molecular weight is 185 g/mol. The number of nitrogens with zero attached hydrogens (tertiary/aromatic N) is 2. The SMILES string of the molecule is NC1CCC(Oc2nncs2)C1. The Bertz CT molecular complexity index is 239. The Hall–Kier alpha value is -0.680. The van der Waals surface area contributed by atoms with Gasteiger partial charge in [0.25, 0.3) is 5.19 Å². The van der Waals surface area contributed by atoms with Crippen LogP contribution in [0.2, 0.25) is 0 Å². The Balaban J connectivity index is 1.88. The number of aromatic nitrogens is 2. The van der Waals surface area contributed by atoms with Gasteiger partial charge in [-0.2, -0.15) is 0 Å². The molecule has 2 N–H and O–H groups in total. The van der Waals surface area contributed by atoms with Crippen LogP contribution in [0.25, 0.3) is 0 Å². The Labute approximate surface area is 74.8 Å². The zero-order valence-electron chi connectivity index (χ0n) is 6.64. The van der Waals surface area contributed by atoms with E-state index in [1.54, 1.807) is 5.51 Å². The van der Waals surface area contributed by atoms with Gasteiger partial charge < -0.3 is 10.5 Å². The van der Waals surface area contributed by atoms with Crippen LogP contribution in [-0.2, 0) is 0 Å². The first kappa shape index (κ1) is 7.94. The fourth-order valence-electron chi connectivity index (χ4n) is 1.44. The van der Waals surface area contributed by atoms with Gasteiger partial charge in [0.1, 0.15) is 11.6 Å². The summed E-state index contributed by atoms with van der Waals surface area (Å²) in [4.78, 5) is 0. The summed E-state index contributed by atoms with van der Waals surface area (Å²) in [5.74, 6) is 0. The van der Waals surface area contributed by atoms with Gasteiger partial charge in [-0.1, -0.05) is 11.3 Å². The van der Waals surface area contributed by atoms with Crippen LogP contribution in [0, 0.1) is 0 Å². The predicted molar refractivity (Wildman–Crippen MR) is 46.2 cm³/mol. The zero-order valence-corrected chi connectivity index (χ0v) is 7.46. The maximum Gasteiger partial charge on any atom is 0.294 e. The highest BCUT2D eigenvalue weighted by Crippen LogP contribution is 2.23. The molecule has 1 aromatic heterocycles. The molecule has 12 heavy (non-hydrogen) atoms. The maximum atomic E-state index is 5.74. The summed E-state index contributed by atoms with van der Waals surface area (Å²) in [6, 6.07) is 0.308. The topological polar surface area (TPSA) is 61.0 Å². The minimum atomic E-state index is 0.257. The van der Waals surface area contributed by atoms with Crippen molar-refractivity contribution in [1.82, 2.24) is 10.2 Å². The molecule has 2 unspecified atom stereocenters. The lowest BCUT2D eigenvalue weighted by atomic mass is 10.3. The van der Waals surface area contributed by atoms with Crippen LogP contribution in [-0.4, -0.2) is 22.3 Å². The van der Waals surface area contributed by atoms with E-state index in [0.29, 0.717) is 11.2 Å². The molecule has 1 fully saturated rings. The Morgan fingerprint density at radius 2 is 2.50 bits per heavy atom. The molecule has 5 heteroatoms. The van der Waals surface area contributed by atoms with Crippen molar-refractivity contribution in [3.63, 3.8) is 0 Å². The summed E-state index contributed by atoms with van der Waals surface area (Å²) < 4.78 is 5.55. The van der Waals surface area contributed by atoms with E-state index in [4.69, 9.17) is 10.5 Å². The molecular weight excluding hydrogens is 174 g/mol. The molecule has 66 valence electrons. The average Bonchev–Trinajstić information content (AvgIpc) is 2.63. The normalized spacial score (nSPS) is 29.1. The highest BCUT2D eigenvalue weighted by molar-refractivity contribution is 7.11. The second-order valence-corrected chi connectivity index (χ2v) is 3.81. The van der Waals surface area contributed by atoms with Gasteiger partial charge in [-0.25, -0.2) is 0 Å². The van der Waals surface area contributed by atoms with Crippen molar-refractivity contribution >= 4 is 11.3 Å². The van der Waals surface area contributed by atoms with Gasteiger partial charge in [-0.15, -0.1) is 10.2 Å². The van der Waals surface area contributed by atoms with Crippen molar-refractivity contribution < 1.29 is 4.74 Å². The van der Waals surface area contributed by atoms with E-state index in [-0.39, 0.29) is 6.10 Å². The van der Waals surface area contributed by atoms with Crippen molar-refractivity contribution in [1.29, 1.82) is 0 Å². The summed E-state index contributed by atoms with van der Waals surface area (Å²) in [7, 11) is 0. The molecular formula is C7H11N3OS. The molecule has 1 saturated carbocycles. The Kier molecular flexibility index (Phi) is 2.23. The van der Waals surface area contributed by atoms with Gasteiger partial charge in [0.15, 0.2) is 0 Å². The molecule has 1 aliphatic carbocycles. The van der Waals surface area contributed by atoms with E-state index in [2.05, 4.69) is 10.2 Å². The molecule has 0 aliphatic heterocycles. The standard InChI is InChI=1S/C7H11N3OS/c8-5-1-2-6(3-5)11-7-10-9-4-12-7/h4-6H,1-3,8H2. The molecule has 0 spiro atoms. The molecule has 0 amide bonds. The molecule has 0 radical (unpaired) electrons.